The van der Waals surface area contributed by atoms with E-state index in [0.29, 0.717) is 0 Å². The smallest absolute Gasteiger partial charge is 0.128 e. The fraction of sp³-hybridized carbons (Fsp3) is 0.143. The van der Waals surface area contributed by atoms with Crippen LogP contribution in [0.1, 0.15) is 22.1 Å². The number of hydrogen-bond donors (Lipinski definition) is 0. The van der Waals surface area contributed by atoms with Gasteiger partial charge in [0.15, 0.2) is 0 Å². The average Bonchev–Trinajstić information content (AvgIpc) is 2.31. The minimum absolute atomic E-state index is 0.164. The van der Waals surface area contributed by atoms with E-state index < -0.39 is 17.0 Å². The third-order valence-electron chi connectivity index (χ3n) is 2.57. The Balaban J connectivity index is 2.43. The lowest BCUT2D eigenvalue weighted by atomic mass is 10.0. The zero-order chi connectivity index (χ0) is 12.4. The molecule has 1 atom stereocenters. The van der Waals surface area contributed by atoms with Crippen LogP contribution in [-0.4, -0.2) is 0 Å². The van der Waals surface area contributed by atoms with Crippen LogP contribution in [0.5, 0.6) is 0 Å². The molecule has 0 spiro atoms. The van der Waals surface area contributed by atoms with E-state index in [1.54, 1.807) is 6.07 Å². The molecule has 88 valence electrons. The number of rotatable bonds is 2. The summed E-state index contributed by atoms with van der Waals surface area (Å²) in [5.74, 6) is -0.979. The summed E-state index contributed by atoms with van der Waals surface area (Å²) in [5, 5.41) is -0.675. The zero-order valence-corrected chi connectivity index (χ0v) is 10.0. The van der Waals surface area contributed by atoms with Gasteiger partial charge >= 0.3 is 0 Å². The Bertz CT molecular complexity index is 537. The maximum Gasteiger partial charge on any atom is 0.128 e. The molecule has 0 saturated carbocycles. The Kier molecular flexibility index (Phi) is 3.43. The Morgan fingerprint density at radius 2 is 1.82 bits per heavy atom. The van der Waals surface area contributed by atoms with E-state index >= 15 is 0 Å². The Hall–Kier alpha value is -1.41. The topological polar surface area (TPSA) is 0 Å². The molecule has 0 aliphatic heterocycles. The second-order valence-corrected chi connectivity index (χ2v) is 4.38. The highest BCUT2D eigenvalue weighted by Crippen LogP contribution is 2.31. The van der Waals surface area contributed by atoms with Gasteiger partial charge in [0, 0.05) is 5.56 Å². The van der Waals surface area contributed by atoms with Gasteiger partial charge in [-0.3, -0.25) is 0 Å². The van der Waals surface area contributed by atoms with Gasteiger partial charge in [0.1, 0.15) is 11.6 Å². The molecule has 0 fully saturated rings. The lowest BCUT2D eigenvalue weighted by Gasteiger charge is -2.12. The highest BCUT2D eigenvalue weighted by Gasteiger charge is 2.16. The van der Waals surface area contributed by atoms with Crippen molar-refractivity contribution in [3.8, 4) is 0 Å². The fourth-order valence-electron chi connectivity index (χ4n) is 1.72. The second-order valence-electron chi connectivity index (χ2n) is 3.94. The lowest BCUT2D eigenvalue weighted by molar-refractivity contribution is 0.587. The van der Waals surface area contributed by atoms with E-state index in [4.69, 9.17) is 11.6 Å². The van der Waals surface area contributed by atoms with Gasteiger partial charge in [-0.1, -0.05) is 29.8 Å². The number of alkyl halides is 1. The standard InChI is InChI=1S/C14H11ClF2/c1-9-3-2-4-10(7-9)14(15)12-8-11(16)5-6-13(12)17/h2-8,14H,1H3. The van der Waals surface area contributed by atoms with Crippen molar-refractivity contribution in [2.45, 2.75) is 12.3 Å². The summed E-state index contributed by atoms with van der Waals surface area (Å²) in [7, 11) is 0. The monoisotopic (exact) mass is 252 g/mol. The molecule has 3 heteroatoms. The number of hydrogen-bond acceptors (Lipinski definition) is 0. The van der Waals surface area contributed by atoms with Crippen LogP contribution >= 0.6 is 11.6 Å². The van der Waals surface area contributed by atoms with E-state index in [1.165, 1.54) is 0 Å². The molecular formula is C14H11ClF2. The van der Waals surface area contributed by atoms with Crippen LogP contribution in [0.4, 0.5) is 8.78 Å². The third-order valence-corrected chi connectivity index (χ3v) is 3.05. The molecule has 2 aromatic rings. The van der Waals surface area contributed by atoms with Crippen LogP contribution in [0.2, 0.25) is 0 Å². The summed E-state index contributed by atoms with van der Waals surface area (Å²) < 4.78 is 26.6. The van der Waals surface area contributed by atoms with Crippen molar-refractivity contribution in [1.82, 2.24) is 0 Å². The molecule has 1 unspecified atom stereocenters. The van der Waals surface area contributed by atoms with Crippen LogP contribution in [0, 0.1) is 18.6 Å². The maximum atomic E-state index is 13.6. The molecule has 0 nitrogen and oxygen atoms in total. The summed E-state index contributed by atoms with van der Waals surface area (Å²) in [4.78, 5) is 0. The summed E-state index contributed by atoms with van der Waals surface area (Å²) in [6, 6.07) is 10.7. The number of aryl methyl sites for hydroxylation is 1. The van der Waals surface area contributed by atoms with Gasteiger partial charge in [0.25, 0.3) is 0 Å². The summed E-state index contributed by atoms with van der Waals surface area (Å²) in [5.41, 5.74) is 1.96. The SMILES string of the molecule is Cc1cccc(C(Cl)c2cc(F)ccc2F)c1. The molecule has 0 heterocycles. The van der Waals surface area contributed by atoms with Gasteiger partial charge < -0.3 is 0 Å². The highest BCUT2D eigenvalue weighted by molar-refractivity contribution is 6.22. The van der Waals surface area contributed by atoms with Crippen molar-refractivity contribution in [2.24, 2.45) is 0 Å². The van der Waals surface area contributed by atoms with Crippen molar-refractivity contribution < 1.29 is 8.78 Å². The molecule has 0 bridgehead atoms. The molecule has 0 radical (unpaired) electrons. The number of benzene rings is 2. The molecule has 17 heavy (non-hydrogen) atoms. The predicted octanol–water partition coefficient (Wildman–Crippen LogP) is 4.60. The van der Waals surface area contributed by atoms with Crippen LogP contribution in [0.3, 0.4) is 0 Å². The zero-order valence-electron chi connectivity index (χ0n) is 9.25. The molecule has 0 amide bonds. The largest absolute Gasteiger partial charge is 0.207 e. The van der Waals surface area contributed by atoms with Gasteiger partial charge in [-0.2, -0.15) is 0 Å². The predicted molar refractivity (Wildman–Crippen MR) is 65.2 cm³/mol. The molecule has 2 rings (SSSR count). The molecule has 0 aliphatic carbocycles. The van der Waals surface area contributed by atoms with Gasteiger partial charge in [0.05, 0.1) is 5.38 Å². The van der Waals surface area contributed by atoms with E-state index in [9.17, 15) is 8.78 Å². The van der Waals surface area contributed by atoms with Gasteiger partial charge in [-0.05, 0) is 30.7 Å². The molecule has 2 aromatic carbocycles. The first-order valence-corrected chi connectivity index (χ1v) is 5.67. The van der Waals surface area contributed by atoms with Crippen LogP contribution in [0.25, 0.3) is 0 Å². The van der Waals surface area contributed by atoms with Crippen LogP contribution < -0.4 is 0 Å². The normalized spacial score (nSPS) is 12.5. The van der Waals surface area contributed by atoms with E-state index in [0.717, 1.165) is 29.3 Å². The van der Waals surface area contributed by atoms with Crippen LogP contribution in [0.15, 0.2) is 42.5 Å². The van der Waals surface area contributed by atoms with Gasteiger partial charge in [0.2, 0.25) is 0 Å². The van der Waals surface area contributed by atoms with E-state index in [2.05, 4.69) is 0 Å². The van der Waals surface area contributed by atoms with Crippen molar-refractivity contribution in [3.63, 3.8) is 0 Å². The Labute approximate surface area is 104 Å². The van der Waals surface area contributed by atoms with Crippen molar-refractivity contribution in [2.75, 3.05) is 0 Å². The van der Waals surface area contributed by atoms with Crippen molar-refractivity contribution in [1.29, 1.82) is 0 Å². The first kappa shape index (κ1) is 12.1. The molecule has 0 saturated heterocycles. The molecular weight excluding hydrogens is 242 g/mol. The van der Waals surface area contributed by atoms with Crippen molar-refractivity contribution >= 4 is 11.6 Å². The summed E-state index contributed by atoms with van der Waals surface area (Å²) in [6.07, 6.45) is 0. The fourth-order valence-corrected chi connectivity index (χ4v) is 2.02. The molecule has 0 N–H and O–H groups in total. The van der Waals surface area contributed by atoms with E-state index in [-0.39, 0.29) is 5.56 Å². The van der Waals surface area contributed by atoms with E-state index in [1.807, 2.05) is 25.1 Å². The molecule has 0 aromatic heterocycles. The van der Waals surface area contributed by atoms with Gasteiger partial charge in [-0.25, -0.2) is 8.78 Å². The minimum Gasteiger partial charge on any atom is -0.207 e. The number of halogens is 3. The third kappa shape index (κ3) is 2.64. The maximum absolute atomic E-state index is 13.6. The quantitative estimate of drug-likeness (QED) is 0.685. The Morgan fingerprint density at radius 1 is 1.06 bits per heavy atom. The first-order valence-electron chi connectivity index (χ1n) is 5.23. The van der Waals surface area contributed by atoms with Gasteiger partial charge in [-0.15, -0.1) is 11.6 Å². The highest BCUT2D eigenvalue weighted by atomic mass is 35.5. The summed E-state index contributed by atoms with van der Waals surface area (Å²) in [6.45, 7) is 1.93. The Morgan fingerprint density at radius 3 is 2.53 bits per heavy atom. The lowest BCUT2D eigenvalue weighted by Crippen LogP contribution is -1.98. The second kappa shape index (κ2) is 4.84. The minimum atomic E-state index is -0.675. The summed E-state index contributed by atoms with van der Waals surface area (Å²) >= 11 is 6.17. The first-order chi connectivity index (χ1) is 8.08. The van der Waals surface area contributed by atoms with Crippen molar-refractivity contribution in [3.05, 3.63) is 70.8 Å². The van der Waals surface area contributed by atoms with Crippen LogP contribution in [-0.2, 0) is 0 Å². The average molecular weight is 253 g/mol. The molecule has 0 aliphatic rings.